The zero-order chi connectivity index (χ0) is 13.0. The van der Waals surface area contributed by atoms with Crippen LogP contribution in [0.1, 0.15) is 39.5 Å². The zero-order valence-corrected chi connectivity index (χ0v) is 12.5. The number of carbonyl (C=O) groups is 2. The lowest BCUT2D eigenvalue weighted by molar-refractivity contribution is -0.142. The molecule has 94 valence electrons. The second kappa shape index (κ2) is 6.00. The van der Waals surface area contributed by atoms with E-state index in [0.717, 1.165) is 0 Å². The highest BCUT2D eigenvalue weighted by Crippen LogP contribution is 2.36. The number of alkyl halides is 2. The van der Waals surface area contributed by atoms with Gasteiger partial charge in [0, 0.05) is 0 Å². The lowest BCUT2D eigenvalue weighted by Gasteiger charge is -2.26. The van der Waals surface area contributed by atoms with Crippen LogP contribution in [0.2, 0.25) is 0 Å². The minimum absolute atomic E-state index is 0.268. The molecule has 2 unspecified atom stereocenters. The Bertz CT molecular complexity index is 254. The lowest BCUT2D eigenvalue weighted by atomic mass is 9.92. The van der Waals surface area contributed by atoms with Crippen LogP contribution in [0, 0.1) is 0 Å². The molecule has 0 radical (unpaired) electrons. The predicted octanol–water partition coefficient (Wildman–Crippen LogP) is 3.02. The first kappa shape index (κ1) is 15.9. The van der Waals surface area contributed by atoms with E-state index in [0.29, 0.717) is 12.8 Å². The van der Waals surface area contributed by atoms with E-state index < -0.39 is 20.6 Å². The molecule has 0 bridgehead atoms. The van der Waals surface area contributed by atoms with Gasteiger partial charge in [0.05, 0.1) is 0 Å². The number of aliphatic carboxylic acids is 2. The first-order valence-corrected chi connectivity index (χ1v) is 6.65. The Labute approximate surface area is 112 Å². The van der Waals surface area contributed by atoms with Crippen molar-refractivity contribution >= 4 is 43.8 Å². The second-order valence-corrected chi connectivity index (χ2v) is 6.78. The zero-order valence-electron chi connectivity index (χ0n) is 9.30. The Morgan fingerprint density at radius 2 is 1.19 bits per heavy atom. The summed E-state index contributed by atoms with van der Waals surface area (Å²) in [5, 5.41) is 18.1. The maximum Gasteiger partial charge on any atom is 0.320 e. The molecule has 0 saturated heterocycles. The predicted molar refractivity (Wildman–Crippen MR) is 68.4 cm³/mol. The van der Waals surface area contributed by atoms with Gasteiger partial charge in [0.2, 0.25) is 0 Å². The van der Waals surface area contributed by atoms with E-state index in [2.05, 4.69) is 31.9 Å². The molecule has 4 nitrogen and oxygen atoms in total. The summed E-state index contributed by atoms with van der Waals surface area (Å²) in [7, 11) is 0. The first-order valence-electron chi connectivity index (χ1n) is 5.06. The highest BCUT2D eigenvalue weighted by molar-refractivity contribution is 9.10. The van der Waals surface area contributed by atoms with E-state index >= 15 is 0 Å². The lowest BCUT2D eigenvalue weighted by Crippen LogP contribution is -2.37. The molecule has 0 aromatic rings. The Balaban J connectivity index is 4.64. The van der Waals surface area contributed by atoms with Gasteiger partial charge in [0.25, 0.3) is 0 Å². The van der Waals surface area contributed by atoms with Crippen molar-refractivity contribution in [2.45, 2.75) is 48.2 Å². The van der Waals surface area contributed by atoms with Gasteiger partial charge in [0.15, 0.2) is 0 Å². The highest BCUT2D eigenvalue weighted by Gasteiger charge is 2.40. The molecule has 0 aliphatic heterocycles. The topological polar surface area (TPSA) is 74.6 Å². The van der Waals surface area contributed by atoms with Crippen LogP contribution >= 0.6 is 31.9 Å². The summed E-state index contributed by atoms with van der Waals surface area (Å²) in [5.74, 6) is -1.90. The van der Waals surface area contributed by atoms with Crippen molar-refractivity contribution in [1.29, 1.82) is 0 Å². The van der Waals surface area contributed by atoms with Crippen LogP contribution in [-0.4, -0.2) is 30.8 Å². The quantitative estimate of drug-likeness (QED) is 0.685. The number of hydrogen-bond acceptors (Lipinski definition) is 2. The van der Waals surface area contributed by atoms with E-state index in [1.54, 1.807) is 13.8 Å². The molecule has 0 saturated carbocycles. The molecular formula is C10H16Br2O4. The maximum atomic E-state index is 11.0. The molecule has 0 aliphatic rings. The van der Waals surface area contributed by atoms with Gasteiger partial charge >= 0.3 is 11.9 Å². The molecule has 16 heavy (non-hydrogen) atoms. The molecule has 6 heteroatoms. The summed E-state index contributed by atoms with van der Waals surface area (Å²) in [6.07, 6.45) is 1.36. The number of hydrogen-bond donors (Lipinski definition) is 2. The summed E-state index contributed by atoms with van der Waals surface area (Å²) in [6, 6.07) is 0. The van der Waals surface area contributed by atoms with Crippen LogP contribution in [-0.2, 0) is 9.59 Å². The van der Waals surface area contributed by atoms with Crippen molar-refractivity contribution in [3.8, 4) is 0 Å². The van der Waals surface area contributed by atoms with Crippen molar-refractivity contribution in [1.82, 2.24) is 0 Å². The van der Waals surface area contributed by atoms with Crippen LogP contribution in [0.5, 0.6) is 0 Å². The van der Waals surface area contributed by atoms with E-state index in [1.165, 1.54) is 0 Å². The molecule has 0 fully saturated rings. The van der Waals surface area contributed by atoms with Gasteiger partial charge in [0.1, 0.15) is 8.65 Å². The molecular weight excluding hydrogens is 344 g/mol. The van der Waals surface area contributed by atoms with Crippen molar-refractivity contribution < 1.29 is 19.8 Å². The fourth-order valence-electron chi connectivity index (χ4n) is 1.27. The van der Waals surface area contributed by atoms with Crippen LogP contribution in [0.25, 0.3) is 0 Å². The Morgan fingerprint density at radius 1 is 0.938 bits per heavy atom. The molecule has 0 spiro atoms. The third kappa shape index (κ3) is 3.73. The van der Waals surface area contributed by atoms with Crippen LogP contribution in [0.4, 0.5) is 0 Å². The van der Waals surface area contributed by atoms with Gasteiger partial charge in [-0.25, -0.2) is 0 Å². The van der Waals surface area contributed by atoms with Crippen molar-refractivity contribution in [2.24, 2.45) is 0 Å². The van der Waals surface area contributed by atoms with E-state index in [-0.39, 0.29) is 12.8 Å². The second-order valence-electron chi connectivity index (χ2n) is 3.75. The largest absolute Gasteiger partial charge is 0.480 e. The Kier molecular flexibility index (Phi) is 5.96. The van der Waals surface area contributed by atoms with E-state index in [1.807, 2.05) is 0 Å². The minimum atomic E-state index is -1.03. The van der Waals surface area contributed by atoms with Crippen molar-refractivity contribution in [2.75, 3.05) is 0 Å². The molecule has 0 amide bonds. The molecule has 0 heterocycles. The molecule has 0 rings (SSSR count). The summed E-state index contributed by atoms with van der Waals surface area (Å²) in [4.78, 5) is 22.0. The number of halogens is 2. The Hall–Kier alpha value is -0.100. The average molecular weight is 360 g/mol. The van der Waals surface area contributed by atoms with Crippen molar-refractivity contribution in [3.05, 3.63) is 0 Å². The van der Waals surface area contributed by atoms with E-state index in [9.17, 15) is 9.59 Å². The van der Waals surface area contributed by atoms with Crippen molar-refractivity contribution in [3.63, 3.8) is 0 Å². The van der Waals surface area contributed by atoms with Gasteiger partial charge in [-0.3, -0.25) is 9.59 Å². The third-order valence-corrected chi connectivity index (χ3v) is 5.40. The van der Waals surface area contributed by atoms with Crippen LogP contribution in [0.3, 0.4) is 0 Å². The summed E-state index contributed by atoms with van der Waals surface area (Å²) in [5.41, 5.74) is 0. The summed E-state index contributed by atoms with van der Waals surface area (Å²) < 4.78 is -2.06. The number of rotatable bonds is 7. The molecule has 2 N–H and O–H groups in total. The average Bonchev–Trinajstić information content (AvgIpc) is 2.24. The molecule has 2 atom stereocenters. The van der Waals surface area contributed by atoms with Gasteiger partial charge in [-0.1, -0.05) is 45.7 Å². The SMILES string of the molecule is CCC(Br)(CCC(Br)(CC)C(=O)O)C(=O)O. The van der Waals surface area contributed by atoms with E-state index in [4.69, 9.17) is 10.2 Å². The normalized spacial score (nSPS) is 18.5. The number of carboxylic acid groups (broad SMARTS) is 2. The van der Waals surface area contributed by atoms with Crippen LogP contribution < -0.4 is 0 Å². The standard InChI is InChI=1S/C10H16Br2O4/c1-3-9(11,7(13)14)5-6-10(12,4-2)8(15)16/h3-6H2,1-2H3,(H,13,14)(H,15,16). The van der Waals surface area contributed by atoms with Gasteiger partial charge in [-0.2, -0.15) is 0 Å². The molecule has 0 aliphatic carbocycles. The van der Waals surface area contributed by atoms with Gasteiger partial charge in [-0.05, 0) is 25.7 Å². The molecule has 0 aromatic heterocycles. The third-order valence-electron chi connectivity index (χ3n) is 2.80. The maximum absolute atomic E-state index is 11.0. The monoisotopic (exact) mass is 358 g/mol. The van der Waals surface area contributed by atoms with Gasteiger partial charge in [-0.15, -0.1) is 0 Å². The van der Waals surface area contributed by atoms with Crippen LogP contribution in [0.15, 0.2) is 0 Å². The fourth-order valence-corrected chi connectivity index (χ4v) is 1.66. The smallest absolute Gasteiger partial charge is 0.320 e. The fraction of sp³-hybridized carbons (Fsp3) is 0.800. The summed E-state index contributed by atoms with van der Waals surface area (Å²) >= 11 is 6.33. The van der Waals surface area contributed by atoms with Gasteiger partial charge < -0.3 is 10.2 Å². The molecule has 0 aromatic carbocycles. The minimum Gasteiger partial charge on any atom is -0.480 e. The first-order chi connectivity index (χ1) is 7.22. The highest BCUT2D eigenvalue weighted by atomic mass is 79.9. The Morgan fingerprint density at radius 3 is 1.31 bits per heavy atom. The number of carboxylic acids is 2. The summed E-state index contributed by atoms with van der Waals surface area (Å²) in [6.45, 7) is 3.51.